The first-order chi connectivity index (χ1) is 15.8. The molecule has 1 saturated heterocycles. The maximum atomic E-state index is 12.9. The third-order valence-electron chi connectivity index (χ3n) is 6.71. The van der Waals surface area contributed by atoms with E-state index in [4.69, 9.17) is 16.3 Å². The number of anilines is 2. The molecular weight excluding hydrogens is 444 g/mol. The Hall–Kier alpha value is -3.45. The number of carbonyl (C=O) groups is 4. The Kier molecular flexibility index (Phi) is 5.29. The molecule has 5 rings (SSSR count). The van der Waals surface area contributed by atoms with Crippen LogP contribution < -0.4 is 10.2 Å². The lowest BCUT2D eigenvalue weighted by Crippen LogP contribution is -2.32. The first kappa shape index (κ1) is 21.4. The summed E-state index contributed by atoms with van der Waals surface area (Å²) in [5.74, 6) is -1.81. The maximum absolute atomic E-state index is 12.9. The van der Waals surface area contributed by atoms with E-state index in [1.807, 2.05) is 12.2 Å². The van der Waals surface area contributed by atoms with E-state index in [-0.39, 0.29) is 41.0 Å². The normalized spacial score (nSPS) is 24.8. The van der Waals surface area contributed by atoms with Gasteiger partial charge in [-0.15, -0.1) is 0 Å². The third kappa shape index (κ3) is 3.62. The summed E-state index contributed by atoms with van der Waals surface area (Å²) in [5, 5.41) is 3.18. The van der Waals surface area contributed by atoms with Crippen LogP contribution in [0.15, 0.2) is 54.6 Å². The first-order valence-electron chi connectivity index (χ1n) is 10.7. The molecule has 33 heavy (non-hydrogen) atoms. The van der Waals surface area contributed by atoms with Gasteiger partial charge in [-0.1, -0.05) is 29.8 Å². The summed E-state index contributed by atoms with van der Waals surface area (Å²) in [7, 11) is 0. The highest BCUT2D eigenvalue weighted by atomic mass is 35.5. The average molecular weight is 465 g/mol. The Balaban J connectivity index is 1.21. The van der Waals surface area contributed by atoms with Crippen molar-refractivity contribution in [2.75, 3.05) is 16.8 Å². The second-order valence-electron chi connectivity index (χ2n) is 8.60. The van der Waals surface area contributed by atoms with E-state index in [1.54, 1.807) is 37.3 Å². The van der Waals surface area contributed by atoms with Gasteiger partial charge in [0.15, 0.2) is 6.61 Å². The number of nitrogens with zero attached hydrogens (tertiary/aromatic N) is 1. The van der Waals surface area contributed by atoms with Crippen LogP contribution in [-0.4, -0.2) is 30.3 Å². The Morgan fingerprint density at radius 3 is 2.30 bits per heavy atom. The molecule has 3 aliphatic rings. The van der Waals surface area contributed by atoms with Crippen molar-refractivity contribution in [1.82, 2.24) is 0 Å². The molecule has 7 nitrogen and oxygen atoms in total. The second-order valence-corrected chi connectivity index (χ2v) is 9.00. The third-order valence-corrected chi connectivity index (χ3v) is 7.12. The van der Waals surface area contributed by atoms with Crippen molar-refractivity contribution in [3.05, 3.63) is 70.8 Å². The molecule has 168 valence electrons. The van der Waals surface area contributed by atoms with Gasteiger partial charge in [0.25, 0.3) is 5.91 Å². The number of hydrogen-bond donors (Lipinski definition) is 1. The minimum atomic E-state index is -0.683. The number of halogens is 1. The number of rotatable bonds is 5. The van der Waals surface area contributed by atoms with E-state index in [2.05, 4.69) is 5.32 Å². The molecule has 8 heteroatoms. The molecule has 2 aliphatic carbocycles. The quantitative estimate of drug-likeness (QED) is 0.413. The van der Waals surface area contributed by atoms with E-state index < -0.39 is 18.5 Å². The number of amides is 3. The molecular formula is C25H21ClN2O5. The van der Waals surface area contributed by atoms with Gasteiger partial charge in [0.2, 0.25) is 11.8 Å². The minimum absolute atomic E-state index is 0.137. The van der Waals surface area contributed by atoms with Gasteiger partial charge in [-0.2, -0.15) is 0 Å². The lowest BCUT2D eigenvalue weighted by molar-refractivity contribution is -0.123. The summed E-state index contributed by atoms with van der Waals surface area (Å²) < 4.78 is 5.10. The highest BCUT2D eigenvalue weighted by Gasteiger charge is 2.59. The average Bonchev–Trinajstić information content (AvgIpc) is 3.49. The number of carbonyl (C=O) groups excluding carboxylic acids is 4. The molecule has 0 aromatic heterocycles. The summed E-state index contributed by atoms with van der Waals surface area (Å²) in [6, 6.07) is 11.2. The van der Waals surface area contributed by atoms with Gasteiger partial charge in [0.1, 0.15) is 0 Å². The van der Waals surface area contributed by atoms with Crippen molar-refractivity contribution < 1.29 is 23.9 Å². The molecule has 1 saturated carbocycles. The van der Waals surface area contributed by atoms with Crippen molar-refractivity contribution in [2.24, 2.45) is 23.7 Å². The predicted molar refractivity (Wildman–Crippen MR) is 122 cm³/mol. The van der Waals surface area contributed by atoms with Crippen LogP contribution in [0.3, 0.4) is 0 Å². The summed E-state index contributed by atoms with van der Waals surface area (Å²) >= 11 is 6.04. The molecule has 2 aromatic carbocycles. The number of fused-ring (bicyclic) bond motifs is 5. The minimum Gasteiger partial charge on any atom is -0.452 e. The standard InChI is InChI=1S/C25H21ClN2O5/c1-13-18(26)3-2-4-19(13)27-20(29)12-33-25(32)14-7-9-17(10-8-14)28-23(30)21-15-5-6-16(11-15)22(21)24(28)31/h2-10,15-16,21-22H,11-12H2,1H3,(H,27,29)/t15-,16-,21-,22-/m0/s1. The molecule has 2 bridgehead atoms. The maximum Gasteiger partial charge on any atom is 0.338 e. The number of esters is 1. The SMILES string of the molecule is Cc1c(Cl)cccc1NC(=O)COC(=O)c1ccc(N2C(=O)[C@@H]3[C@@H](C2=O)[C@H]2C=C[C@H]3C2)cc1. The van der Waals surface area contributed by atoms with E-state index in [0.29, 0.717) is 22.0 Å². The zero-order valence-electron chi connectivity index (χ0n) is 17.8. The fraction of sp³-hybridized carbons (Fsp3) is 0.280. The highest BCUT2D eigenvalue weighted by Crippen LogP contribution is 2.53. The van der Waals surface area contributed by atoms with Gasteiger partial charge >= 0.3 is 5.97 Å². The summed E-state index contributed by atoms with van der Waals surface area (Å²) in [6.07, 6.45) is 4.96. The molecule has 1 N–H and O–H groups in total. The van der Waals surface area contributed by atoms with Crippen molar-refractivity contribution in [3.8, 4) is 0 Å². The molecule has 0 radical (unpaired) electrons. The first-order valence-corrected chi connectivity index (χ1v) is 11.1. The lowest BCUT2D eigenvalue weighted by atomic mass is 9.85. The Labute approximate surface area is 195 Å². The molecule has 0 unspecified atom stereocenters. The molecule has 2 aromatic rings. The van der Waals surface area contributed by atoms with E-state index in [0.717, 1.165) is 6.42 Å². The van der Waals surface area contributed by atoms with Crippen LogP contribution in [0.1, 0.15) is 22.3 Å². The fourth-order valence-corrected chi connectivity index (χ4v) is 5.22. The van der Waals surface area contributed by atoms with Crippen LogP contribution in [-0.2, 0) is 19.1 Å². The largest absolute Gasteiger partial charge is 0.452 e. The number of nitrogens with one attached hydrogen (secondary N) is 1. The molecule has 2 fully saturated rings. The van der Waals surface area contributed by atoms with Crippen LogP contribution >= 0.6 is 11.6 Å². The van der Waals surface area contributed by atoms with E-state index in [1.165, 1.54) is 17.0 Å². The monoisotopic (exact) mass is 464 g/mol. The molecule has 4 atom stereocenters. The highest BCUT2D eigenvalue weighted by molar-refractivity contribution is 6.31. The van der Waals surface area contributed by atoms with Gasteiger partial charge < -0.3 is 10.1 Å². The summed E-state index contributed by atoms with van der Waals surface area (Å²) in [4.78, 5) is 51.6. The van der Waals surface area contributed by atoms with Crippen LogP contribution in [0.4, 0.5) is 11.4 Å². The van der Waals surface area contributed by atoms with Crippen molar-refractivity contribution in [1.29, 1.82) is 0 Å². The number of ether oxygens (including phenoxy) is 1. The van der Waals surface area contributed by atoms with Crippen molar-refractivity contribution >= 4 is 46.7 Å². The van der Waals surface area contributed by atoms with Crippen molar-refractivity contribution in [2.45, 2.75) is 13.3 Å². The summed E-state index contributed by atoms with van der Waals surface area (Å²) in [5.41, 5.74) is 1.91. The van der Waals surface area contributed by atoms with E-state index >= 15 is 0 Å². The van der Waals surface area contributed by atoms with Crippen LogP contribution in [0.25, 0.3) is 0 Å². The Morgan fingerprint density at radius 2 is 1.67 bits per heavy atom. The lowest BCUT2D eigenvalue weighted by Gasteiger charge is -2.17. The number of allylic oxidation sites excluding steroid dienone is 2. The molecule has 1 aliphatic heterocycles. The van der Waals surface area contributed by atoms with Gasteiger partial charge in [0, 0.05) is 10.7 Å². The van der Waals surface area contributed by atoms with Gasteiger partial charge in [0.05, 0.1) is 23.1 Å². The Bertz CT molecular complexity index is 1180. The Morgan fingerprint density at radius 1 is 1.03 bits per heavy atom. The number of hydrogen-bond acceptors (Lipinski definition) is 5. The van der Waals surface area contributed by atoms with Crippen molar-refractivity contribution in [3.63, 3.8) is 0 Å². The second kappa shape index (κ2) is 8.15. The number of imide groups is 1. The van der Waals surface area contributed by atoms with Gasteiger partial charge in [-0.05, 0) is 67.1 Å². The molecule has 3 amide bonds. The van der Waals surface area contributed by atoms with Crippen LogP contribution in [0, 0.1) is 30.6 Å². The topological polar surface area (TPSA) is 92.8 Å². The zero-order valence-corrected chi connectivity index (χ0v) is 18.5. The van der Waals surface area contributed by atoms with Crippen LogP contribution in [0.5, 0.6) is 0 Å². The molecule has 0 spiro atoms. The predicted octanol–water partition coefficient (Wildman–Crippen LogP) is 3.76. The van der Waals surface area contributed by atoms with Gasteiger partial charge in [-0.25, -0.2) is 4.79 Å². The zero-order chi connectivity index (χ0) is 23.3. The number of benzene rings is 2. The summed E-state index contributed by atoms with van der Waals surface area (Å²) in [6.45, 7) is 1.31. The van der Waals surface area contributed by atoms with E-state index in [9.17, 15) is 19.2 Å². The molecule has 1 heterocycles. The van der Waals surface area contributed by atoms with Crippen LogP contribution in [0.2, 0.25) is 5.02 Å². The van der Waals surface area contributed by atoms with Gasteiger partial charge in [-0.3, -0.25) is 19.3 Å². The fourth-order valence-electron chi connectivity index (χ4n) is 5.05. The smallest absolute Gasteiger partial charge is 0.338 e.